The van der Waals surface area contributed by atoms with E-state index in [1.807, 2.05) is 0 Å². The fraction of sp³-hybridized carbons (Fsp3) is 0.429. The van der Waals surface area contributed by atoms with Crippen LogP contribution in [-0.2, 0) is 4.79 Å². The van der Waals surface area contributed by atoms with Crippen molar-refractivity contribution in [3.05, 3.63) is 38.9 Å². The molecule has 118 valence electrons. The number of rotatable bonds is 3. The molecule has 0 saturated carbocycles. The zero-order valence-corrected chi connectivity index (χ0v) is 12.9. The number of benzene rings is 1. The van der Waals surface area contributed by atoms with Gasteiger partial charge in [0.15, 0.2) is 0 Å². The van der Waals surface area contributed by atoms with Crippen molar-refractivity contribution in [2.24, 2.45) is 0 Å². The van der Waals surface area contributed by atoms with Crippen LogP contribution in [0.4, 0.5) is 5.69 Å². The van der Waals surface area contributed by atoms with Crippen LogP contribution >= 0.6 is 11.6 Å². The van der Waals surface area contributed by atoms with E-state index in [0.717, 1.165) is 0 Å². The molecule has 22 heavy (non-hydrogen) atoms. The number of amides is 2. The maximum atomic E-state index is 12.5. The summed E-state index contributed by atoms with van der Waals surface area (Å²) in [7, 11) is 0. The van der Waals surface area contributed by atoms with Crippen LogP contribution in [0.5, 0.6) is 0 Å². The molecule has 0 radical (unpaired) electrons. The molecule has 0 aromatic heterocycles. The molecule has 0 spiro atoms. The lowest BCUT2D eigenvalue weighted by atomic mass is 10.1. The maximum Gasteiger partial charge on any atom is 0.270 e. The molecule has 2 amide bonds. The Kier molecular flexibility index (Phi) is 4.97. The van der Waals surface area contributed by atoms with Crippen molar-refractivity contribution >= 4 is 29.1 Å². The van der Waals surface area contributed by atoms with Gasteiger partial charge in [0.05, 0.1) is 15.5 Å². The van der Waals surface area contributed by atoms with Crippen molar-refractivity contribution in [3.63, 3.8) is 0 Å². The fourth-order valence-electron chi connectivity index (χ4n) is 2.34. The predicted octanol–water partition coefficient (Wildman–Crippen LogP) is 1.94. The SMILES string of the molecule is CCC(=O)N1CCN(C(=O)c2cc([N+](=O)[O-])ccc2Cl)CC1. The van der Waals surface area contributed by atoms with E-state index < -0.39 is 4.92 Å². The third kappa shape index (κ3) is 3.36. The van der Waals surface area contributed by atoms with E-state index in [-0.39, 0.29) is 28.1 Å². The number of halogens is 1. The molecule has 1 fully saturated rings. The lowest BCUT2D eigenvalue weighted by Gasteiger charge is -2.34. The van der Waals surface area contributed by atoms with Gasteiger partial charge in [-0.15, -0.1) is 0 Å². The zero-order valence-electron chi connectivity index (χ0n) is 12.1. The first-order valence-electron chi connectivity index (χ1n) is 6.95. The van der Waals surface area contributed by atoms with Gasteiger partial charge in [0.1, 0.15) is 0 Å². The highest BCUT2D eigenvalue weighted by Crippen LogP contribution is 2.24. The third-order valence-electron chi connectivity index (χ3n) is 3.61. The van der Waals surface area contributed by atoms with Crippen molar-refractivity contribution in [1.29, 1.82) is 0 Å². The Hall–Kier alpha value is -2.15. The first kappa shape index (κ1) is 16.2. The summed E-state index contributed by atoms with van der Waals surface area (Å²) in [6.45, 7) is 3.51. The van der Waals surface area contributed by atoms with E-state index in [1.165, 1.54) is 18.2 Å². The van der Waals surface area contributed by atoms with Crippen LogP contribution in [0.2, 0.25) is 5.02 Å². The number of non-ortho nitro benzene ring substituents is 1. The molecule has 1 saturated heterocycles. The normalized spacial score (nSPS) is 14.8. The molecule has 7 nitrogen and oxygen atoms in total. The maximum absolute atomic E-state index is 12.5. The molecule has 0 unspecified atom stereocenters. The molecule has 0 aliphatic carbocycles. The molecule has 0 atom stereocenters. The van der Waals surface area contributed by atoms with Gasteiger partial charge in [-0.3, -0.25) is 19.7 Å². The summed E-state index contributed by atoms with van der Waals surface area (Å²) in [5, 5.41) is 11.0. The number of piperazine rings is 1. The van der Waals surface area contributed by atoms with Crippen molar-refractivity contribution in [2.45, 2.75) is 13.3 Å². The monoisotopic (exact) mass is 325 g/mol. The first-order chi connectivity index (χ1) is 10.4. The zero-order chi connectivity index (χ0) is 16.3. The lowest BCUT2D eigenvalue weighted by molar-refractivity contribution is -0.384. The average Bonchev–Trinajstić information content (AvgIpc) is 2.53. The molecule has 1 heterocycles. The van der Waals surface area contributed by atoms with Gasteiger partial charge >= 0.3 is 0 Å². The molecule has 1 aromatic carbocycles. The van der Waals surface area contributed by atoms with Gasteiger partial charge < -0.3 is 9.80 Å². The number of carbonyl (C=O) groups is 2. The predicted molar refractivity (Wildman–Crippen MR) is 80.9 cm³/mol. The highest BCUT2D eigenvalue weighted by atomic mass is 35.5. The Morgan fingerprint density at radius 1 is 1.23 bits per heavy atom. The number of hydrogen-bond acceptors (Lipinski definition) is 4. The summed E-state index contributed by atoms with van der Waals surface area (Å²) >= 11 is 5.98. The fourth-order valence-corrected chi connectivity index (χ4v) is 2.54. The topological polar surface area (TPSA) is 83.8 Å². The van der Waals surface area contributed by atoms with Crippen molar-refractivity contribution in [1.82, 2.24) is 9.80 Å². The van der Waals surface area contributed by atoms with Crippen LogP contribution in [0.1, 0.15) is 23.7 Å². The molecule has 1 aromatic rings. The van der Waals surface area contributed by atoms with Crippen LogP contribution in [0, 0.1) is 10.1 Å². The quantitative estimate of drug-likeness (QED) is 0.628. The molecule has 1 aliphatic rings. The van der Waals surface area contributed by atoms with E-state index >= 15 is 0 Å². The average molecular weight is 326 g/mol. The summed E-state index contributed by atoms with van der Waals surface area (Å²) < 4.78 is 0. The number of nitro benzene ring substituents is 1. The van der Waals surface area contributed by atoms with Gasteiger partial charge in [0.25, 0.3) is 11.6 Å². The number of nitro groups is 1. The van der Waals surface area contributed by atoms with Gasteiger partial charge in [-0.05, 0) is 6.07 Å². The van der Waals surface area contributed by atoms with Gasteiger partial charge in [0, 0.05) is 44.7 Å². The summed E-state index contributed by atoms with van der Waals surface area (Å²) in [4.78, 5) is 37.6. The minimum atomic E-state index is -0.565. The second-order valence-electron chi connectivity index (χ2n) is 4.95. The second kappa shape index (κ2) is 6.74. The van der Waals surface area contributed by atoms with Gasteiger partial charge in [-0.25, -0.2) is 0 Å². The summed E-state index contributed by atoms with van der Waals surface area (Å²) in [6.07, 6.45) is 0.435. The van der Waals surface area contributed by atoms with E-state index in [2.05, 4.69) is 0 Å². The van der Waals surface area contributed by atoms with E-state index in [0.29, 0.717) is 32.6 Å². The Labute approximate surface area is 132 Å². The number of hydrogen-bond donors (Lipinski definition) is 0. The van der Waals surface area contributed by atoms with Crippen LogP contribution in [-0.4, -0.2) is 52.7 Å². The number of carbonyl (C=O) groups excluding carboxylic acids is 2. The lowest BCUT2D eigenvalue weighted by Crippen LogP contribution is -2.50. The Morgan fingerprint density at radius 3 is 2.36 bits per heavy atom. The van der Waals surface area contributed by atoms with Crippen LogP contribution in [0.15, 0.2) is 18.2 Å². The number of nitrogens with zero attached hydrogens (tertiary/aromatic N) is 3. The van der Waals surface area contributed by atoms with Gasteiger partial charge in [-0.2, -0.15) is 0 Å². The minimum Gasteiger partial charge on any atom is -0.339 e. The van der Waals surface area contributed by atoms with E-state index in [1.54, 1.807) is 16.7 Å². The smallest absolute Gasteiger partial charge is 0.270 e. The Morgan fingerprint density at radius 2 is 1.82 bits per heavy atom. The van der Waals surface area contributed by atoms with Gasteiger partial charge in [-0.1, -0.05) is 18.5 Å². The first-order valence-corrected chi connectivity index (χ1v) is 7.32. The van der Waals surface area contributed by atoms with E-state index in [9.17, 15) is 19.7 Å². The molecular formula is C14H16ClN3O4. The molecule has 0 bridgehead atoms. The molecular weight excluding hydrogens is 310 g/mol. The van der Waals surface area contributed by atoms with E-state index in [4.69, 9.17) is 11.6 Å². The Balaban J connectivity index is 2.11. The Bertz CT molecular complexity index is 612. The standard InChI is InChI=1S/C14H16ClN3O4/c1-2-13(19)16-5-7-17(8-6-16)14(20)11-9-10(18(21)22)3-4-12(11)15/h3-4,9H,2,5-8H2,1H3. The largest absolute Gasteiger partial charge is 0.339 e. The highest BCUT2D eigenvalue weighted by Gasteiger charge is 2.26. The highest BCUT2D eigenvalue weighted by molar-refractivity contribution is 6.33. The molecule has 0 N–H and O–H groups in total. The van der Waals surface area contributed by atoms with Crippen LogP contribution < -0.4 is 0 Å². The molecule has 8 heteroatoms. The summed E-state index contributed by atoms with van der Waals surface area (Å²) in [5.41, 5.74) is -0.0568. The summed E-state index contributed by atoms with van der Waals surface area (Å²) in [5.74, 6) is -0.294. The second-order valence-corrected chi connectivity index (χ2v) is 5.35. The van der Waals surface area contributed by atoms with Crippen molar-refractivity contribution in [2.75, 3.05) is 26.2 Å². The summed E-state index contributed by atoms with van der Waals surface area (Å²) in [6, 6.07) is 3.80. The molecule has 2 rings (SSSR count). The van der Waals surface area contributed by atoms with Gasteiger partial charge in [0.2, 0.25) is 5.91 Å². The van der Waals surface area contributed by atoms with Crippen LogP contribution in [0.3, 0.4) is 0 Å². The van der Waals surface area contributed by atoms with Crippen LogP contribution in [0.25, 0.3) is 0 Å². The van der Waals surface area contributed by atoms with Crippen molar-refractivity contribution < 1.29 is 14.5 Å². The molecule has 1 aliphatic heterocycles. The van der Waals surface area contributed by atoms with Crippen molar-refractivity contribution in [3.8, 4) is 0 Å². The third-order valence-corrected chi connectivity index (χ3v) is 3.94. The minimum absolute atomic E-state index is 0.0560.